The molecule has 1 aromatic carbocycles. The highest BCUT2D eigenvalue weighted by Gasteiger charge is 2.17. The third kappa shape index (κ3) is 7.68. The molecule has 0 saturated carbocycles. The molecule has 0 aliphatic carbocycles. The topological polar surface area (TPSA) is 52.5 Å². The number of imidazole rings is 1. The molecule has 0 fully saturated rings. The quantitative estimate of drug-likeness (QED) is 0.339. The molecule has 0 amide bonds. The first-order valence-corrected chi connectivity index (χ1v) is 11.2. The van der Waals surface area contributed by atoms with Crippen molar-refractivity contribution in [1.82, 2.24) is 9.97 Å². The van der Waals surface area contributed by atoms with Crippen molar-refractivity contribution in [3.8, 4) is 6.07 Å². The molecular weight excluding hydrogens is 422 g/mol. The fourth-order valence-electron chi connectivity index (χ4n) is 3.50. The second-order valence-electron chi connectivity index (χ2n) is 7.20. The summed E-state index contributed by atoms with van der Waals surface area (Å²) in [6.45, 7) is 2.26. The average Bonchev–Trinajstić information content (AvgIpc) is 3.12. The van der Waals surface area contributed by atoms with Gasteiger partial charge in [-0.15, -0.1) is 0 Å². The number of aromatic amines is 1. The number of halogens is 2. The number of nitriles is 1. The van der Waals surface area contributed by atoms with Crippen LogP contribution in [0.5, 0.6) is 0 Å². The maximum absolute atomic E-state index is 8.99. The highest BCUT2D eigenvalue weighted by atomic mass is 79.9. The third-order valence-corrected chi connectivity index (χ3v) is 5.84. The van der Waals surface area contributed by atoms with Crippen molar-refractivity contribution >= 4 is 27.5 Å². The summed E-state index contributed by atoms with van der Waals surface area (Å²) in [6.07, 6.45) is 14.2. The average molecular weight is 451 g/mol. The van der Waals surface area contributed by atoms with Gasteiger partial charge in [0.15, 0.2) is 0 Å². The van der Waals surface area contributed by atoms with E-state index < -0.39 is 0 Å². The maximum atomic E-state index is 8.99. The van der Waals surface area contributed by atoms with E-state index in [0.717, 1.165) is 28.0 Å². The Morgan fingerprint density at radius 1 is 1.15 bits per heavy atom. The van der Waals surface area contributed by atoms with Gasteiger partial charge in [0.25, 0.3) is 0 Å². The van der Waals surface area contributed by atoms with E-state index in [1.54, 1.807) is 6.20 Å². The molecular formula is C22H29BrClN3. The Balaban J connectivity index is 1.93. The predicted octanol–water partition coefficient (Wildman–Crippen LogP) is 7.55. The Bertz CT molecular complexity index is 735. The summed E-state index contributed by atoms with van der Waals surface area (Å²) < 4.78 is 1.05. The molecule has 146 valence electrons. The van der Waals surface area contributed by atoms with Gasteiger partial charge in [0.05, 0.1) is 0 Å². The summed E-state index contributed by atoms with van der Waals surface area (Å²) >= 11 is 10.1. The van der Waals surface area contributed by atoms with Crippen LogP contribution in [0.2, 0.25) is 5.02 Å². The number of rotatable bonds is 12. The first-order valence-electron chi connectivity index (χ1n) is 10.0. The molecule has 1 unspecified atom stereocenters. The van der Waals surface area contributed by atoms with Crippen LogP contribution in [0.15, 0.2) is 28.9 Å². The normalized spacial score (nSPS) is 12.1. The van der Waals surface area contributed by atoms with Gasteiger partial charge in [0.2, 0.25) is 5.82 Å². The fraction of sp³-hybridized carbons (Fsp3) is 0.545. The number of unbranched alkanes of at least 4 members (excludes halogenated alkanes) is 7. The zero-order chi connectivity index (χ0) is 19.5. The lowest BCUT2D eigenvalue weighted by Gasteiger charge is -2.18. The summed E-state index contributed by atoms with van der Waals surface area (Å²) in [5.41, 5.74) is 2.16. The van der Waals surface area contributed by atoms with Crippen molar-refractivity contribution in [2.75, 3.05) is 0 Å². The number of aromatic nitrogens is 2. The molecule has 1 aromatic heterocycles. The first-order chi connectivity index (χ1) is 13.1. The van der Waals surface area contributed by atoms with Crippen molar-refractivity contribution in [3.63, 3.8) is 0 Å². The van der Waals surface area contributed by atoms with E-state index >= 15 is 0 Å². The third-order valence-electron chi connectivity index (χ3n) is 5.00. The number of hydrogen-bond acceptors (Lipinski definition) is 2. The van der Waals surface area contributed by atoms with Crippen molar-refractivity contribution < 1.29 is 0 Å². The molecule has 1 atom stereocenters. The van der Waals surface area contributed by atoms with E-state index in [1.165, 1.54) is 56.9 Å². The largest absolute Gasteiger partial charge is 0.333 e. The number of nitrogens with zero attached hydrogens (tertiary/aromatic N) is 2. The van der Waals surface area contributed by atoms with Gasteiger partial charge in [-0.05, 0) is 42.5 Å². The summed E-state index contributed by atoms with van der Waals surface area (Å²) in [6, 6.07) is 8.11. The standard InChI is InChI=1S/C22H29BrClN3/c1-2-3-4-5-6-7-8-9-10-17(13-19-16-26-22(15-25)27-19)20-14-18(23)11-12-21(20)24/h11-12,14,16-17H,2-10,13H2,1H3,(H,26,27). The number of hydrogen-bond donors (Lipinski definition) is 1. The molecule has 3 nitrogen and oxygen atoms in total. The van der Waals surface area contributed by atoms with Crippen molar-refractivity contribution in [2.45, 2.75) is 77.0 Å². The predicted molar refractivity (Wildman–Crippen MR) is 116 cm³/mol. The fourth-order valence-corrected chi connectivity index (χ4v) is 4.16. The van der Waals surface area contributed by atoms with Gasteiger partial charge in [-0.1, -0.05) is 85.8 Å². The summed E-state index contributed by atoms with van der Waals surface area (Å²) in [5.74, 6) is 0.693. The van der Waals surface area contributed by atoms with Gasteiger partial charge in [0, 0.05) is 21.4 Å². The molecule has 0 aliphatic rings. The van der Waals surface area contributed by atoms with Gasteiger partial charge in [-0.2, -0.15) is 5.26 Å². The molecule has 0 radical (unpaired) electrons. The van der Waals surface area contributed by atoms with Crippen LogP contribution in [0.4, 0.5) is 0 Å². The van der Waals surface area contributed by atoms with E-state index in [4.69, 9.17) is 16.9 Å². The number of nitrogens with one attached hydrogen (secondary N) is 1. The molecule has 1 heterocycles. The van der Waals surface area contributed by atoms with Gasteiger partial charge in [-0.3, -0.25) is 0 Å². The van der Waals surface area contributed by atoms with E-state index in [9.17, 15) is 0 Å². The highest BCUT2D eigenvalue weighted by molar-refractivity contribution is 9.10. The van der Waals surface area contributed by atoms with E-state index in [-0.39, 0.29) is 0 Å². The summed E-state index contributed by atoms with van der Waals surface area (Å²) in [5, 5.41) is 9.80. The summed E-state index contributed by atoms with van der Waals surface area (Å²) in [4.78, 5) is 7.21. The molecule has 5 heteroatoms. The zero-order valence-electron chi connectivity index (χ0n) is 16.1. The van der Waals surface area contributed by atoms with Crippen molar-refractivity contribution in [3.05, 3.63) is 51.0 Å². The van der Waals surface area contributed by atoms with E-state index in [2.05, 4.69) is 45.0 Å². The van der Waals surface area contributed by atoms with E-state index in [0.29, 0.717) is 11.7 Å². The Morgan fingerprint density at radius 3 is 2.52 bits per heavy atom. The number of H-pyrrole nitrogens is 1. The minimum atomic E-state index is 0.321. The van der Waals surface area contributed by atoms with Crippen LogP contribution >= 0.6 is 27.5 Å². The van der Waals surface area contributed by atoms with E-state index in [1.807, 2.05) is 12.1 Å². The van der Waals surface area contributed by atoms with Gasteiger partial charge in [-0.25, -0.2) is 4.98 Å². The van der Waals surface area contributed by atoms with Crippen LogP contribution in [0.25, 0.3) is 0 Å². The van der Waals surface area contributed by atoms with Crippen LogP contribution in [0, 0.1) is 11.3 Å². The second kappa shape index (κ2) is 12.2. The maximum Gasteiger partial charge on any atom is 0.210 e. The van der Waals surface area contributed by atoms with Gasteiger partial charge in [0.1, 0.15) is 6.07 Å². The Hall–Kier alpha value is -1.31. The molecule has 0 spiro atoms. The van der Waals surface area contributed by atoms with Crippen LogP contribution in [0.3, 0.4) is 0 Å². The first kappa shape index (κ1) is 22.0. The second-order valence-corrected chi connectivity index (χ2v) is 8.52. The number of benzene rings is 1. The SMILES string of the molecule is CCCCCCCCCCC(Cc1cnc(C#N)[nH]1)c1cc(Br)ccc1Cl. The Labute approximate surface area is 176 Å². The van der Waals surface area contributed by atoms with Crippen LogP contribution in [0.1, 0.15) is 87.7 Å². The minimum Gasteiger partial charge on any atom is -0.333 e. The Morgan fingerprint density at radius 2 is 1.85 bits per heavy atom. The molecule has 2 aromatic rings. The molecule has 0 saturated heterocycles. The lowest BCUT2D eigenvalue weighted by atomic mass is 9.89. The van der Waals surface area contributed by atoms with Crippen molar-refractivity contribution in [2.24, 2.45) is 0 Å². The highest BCUT2D eigenvalue weighted by Crippen LogP contribution is 2.33. The zero-order valence-corrected chi connectivity index (χ0v) is 18.5. The minimum absolute atomic E-state index is 0.321. The van der Waals surface area contributed by atoms with Gasteiger partial charge >= 0.3 is 0 Å². The van der Waals surface area contributed by atoms with Crippen molar-refractivity contribution in [1.29, 1.82) is 5.26 Å². The van der Waals surface area contributed by atoms with Crippen LogP contribution < -0.4 is 0 Å². The lowest BCUT2D eigenvalue weighted by molar-refractivity contribution is 0.525. The molecule has 0 aliphatic heterocycles. The summed E-state index contributed by atoms with van der Waals surface area (Å²) in [7, 11) is 0. The Kier molecular flexibility index (Phi) is 9.94. The molecule has 27 heavy (non-hydrogen) atoms. The smallest absolute Gasteiger partial charge is 0.210 e. The molecule has 2 rings (SSSR count). The van der Waals surface area contributed by atoms with Crippen LogP contribution in [-0.2, 0) is 6.42 Å². The molecule has 0 bridgehead atoms. The monoisotopic (exact) mass is 449 g/mol. The van der Waals surface area contributed by atoms with Crippen LogP contribution in [-0.4, -0.2) is 9.97 Å². The lowest BCUT2D eigenvalue weighted by Crippen LogP contribution is -2.05. The van der Waals surface area contributed by atoms with Gasteiger partial charge < -0.3 is 4.98 Å². The molecule has 1 N–H and O–H groups in total.